The highest BCUT2D eigenvalue weighted by molar-refractivity contribution is 7.99. The van der Waals surface area contributed by atoms with E-state index in [1.165, 1.54) is 6.42 Å². The van der Waals surface area contributed by atoms with E-state index >= 15 is 0 Å². The van der Waals surface area contributed by atoms with Gasteiger partial charge in [0.25, 0.3) is 0 Å². The number of likely N-dealkylation sites (tertiary alicyclic amines) is 1. The first-order chi connectivity index (χ1) is 7.18. The fraction of sp³-hybridized carbons (Fsp3) is 0.909. The normalized spacial score (nSPS) is 38.1. The third-order valence-electron chi connectivity index (χ3n) is 3.80. The van der Waals surface area contributed by atoms with Crippen LogP contribution in [-0.2, 0) is 4.79 Å². The molecule has 0 aliphatic carbocycles. The summed E-state index contributed by atoms with van der Waals surface area (Å²) in [6.45, 7) is 4.02. The first-order valence-electron chi connectivity index (χ1n) is 5.74. The van der Waals surface area contributed by atoms with Crippen LogP contribution >= 0.6 is 11.8 Å². The summed E-state index contributed by atoms with van der Waals surface area (Å²) in [5.74, 6) is 1.42. The number of carbonyl (C=O) groups is 1. The zero-order valence-corrected chi connectivity index (χ0v) is 10.1. The van der Waals surface area contributed by atoms with E-state index < -0.39 is 11.5 Å². The minimum absolute atomic E-state index is 0.276. The Kier molecular flexibility index (Phi) is 3.26. The van der Waals surface area contributed by atoms with Crippen LogP contribution in [0, 0.1) is 5.92 Å². The Morgan fingerprint density at radius 1 is 1.40 bits per heavy atom. The summed E-state index contributed by atoms with van der Waals surface area (Å²) >= 11 is 1.79. The zero-order chi connectivity index (χ0) is 10.9. The number of nitrogens with zero attached hydrogens (tertiary/aromatic N) is 1. The quantitative estimate of drug-likeness (QED) is 0.782. The van der Waals surface area contributed by atoms with E-state index in [1.54, 1.807) is 11.8 Å². The number of rotatable bonds is 2. The summed E-state index contributed by atoms with van der Waals surface area (Å²) in [5, 5.41) is 9.53. The lowest BCUT2D eigenvalue weighted by Crippen LogP contribution is -2.60. The van der Waals surface area contributed by atoms with Gasteiger partial charge >= 0.3 is 5.97 Å². The van der Waals surface area contributed by atoms with Crippen LogP contribution in [0.2, 0.25) is 0 Å². The molecule has 15 heavy (non-hydrogen) atoms. The van der Waals surface area contributed by atoms with Crippen molar-refractivity contribution in [2.75, 3.05) is 24.6 Å². The SMILES string of the molecule is CC1CSCC1(C(=O)O)N1CCCCC1. The molecule has 1 N–H and O–H groups in total. The van der Waals surface area contributed by atoms with Gasteiger partial charge in [-0.3, -0.25) is 9.69 Å². The highest BCUT2D eigenvalue weighted by Gasteiger charge is 2.51. The van der Waals surface area contributed by atoms with E-state index in [2.05, 4.69) is 11.8 Å². The molecule has 0 saturated carbocycles. The second-order valence-corrected chi connectivity index (χ2v) is 5.72. The van der Waals surface area contributed by atoms with E-state index in [0.29, 0.717) is 0 Å². The van der Waals surface area contributed by atoms with Crippen molar-refractivity contribution in [1.82, 2.24) is 4.90 Å². The fourth-order valence-corrected chi connectivity index (χ4v) is 4.42. The Labute approximate surface area is 95.2 Å². The van der Waals surface area contributed by atoms with Crippen molar-refractivity contribution in [1.29, 1.82) is 0 Å². The van der Waals surface area contributed by atoms with Crippen molar-refractivity contribution in [3.05, 3.63) is 0 Å². The van der Waals surface area contributed by atoms with E-state index in [9.17, 15) is 9.90 Å². The number of piperidine rings is 1. The number of hydrogen-bond acceptors (Lipinski definition) is 3. The second-order valence-electron chi connectivity index (χ2n) is 4.69. The van der Waals surface area contributed by atoms with Gasteiger partial charge in [-0.15, -0.1) is 0 Å². The zero-order valence-electron chi connectivity index (χ0n) is 9.24. The molecule has 2 aliphatic heterocycles. The standard InChI is InChI=1S/C11H19NO2S/c1-9-7-15-8-11(9,10(13)14)12-5-3-2-4-6-12/h9H,2-8H2,1H3,(H,13,14). The smallest absolute Gasteiger partial charge is 0.325 e. The molecule has 0 aromatic heterocycles. The molecule has 3 nitrogen and oxygen atoms in total. The molecule has 0 aromatic rings. The van der Waals surface area contributed by atoms with Crippen molar-refractivity contribution in [3.8, 4) is 0 Å². The van der Waals surface area contributed by atoms with Crippen LogP contribution in [0.25, 0.3) is 0 Å². The number of carboxylic acids is 1. The first kappa shape index (κ1) is 11.3. The maximum Gasteiger partial charge on any atom is 0.325 e. The lowest BCUT2D eigenvalue weighted by Gasteiger charge is -2.42. The van der Waals surface area contributed by atoms with Crippen molar-refractivity contribution >= 4 is 17.7 Å². The van der Waals surface area contributed by atoms with Gasteiger partial charge in [0.15, 0.2) is 0 Å². The predicted octanol–water partition coefficient (Wildman–Crippen LogP) is 1.68. The van der Waals surface area contributed by atoms with Crippen molar-refractivity contribution < 1.29 is 9.90 Å². The lowest BCUT2D eigenvalue weighted by atomic mass is 9.85. The minimum Gasteiger partial charge on any atom is -0.480 e. The molecule has 0 radical (unpaired) electrons. The molecule has 0 bridgehead atoms. The third-order valence-corrected chi connectivity index (χ3v) is 5.18. The van der Waals surface area contributed by atoms with Gasteiger partial charge in [0, 0.05) is 5.75 Å². The monoisotopic (exact) mass is 229 g/mol. The van der Waals surface area contributed by atoms with Crippen LogP contribution in [-0.4, -0.2) is 46.1 Å². The van der Waals surface area contributed by atoms with Gasteiger partial charge in [0.05, 0.1) is 0 Å². The maximum absolute atomic E-state index is 11.6. The highest BCUT2D eigenvalue weighted by Crippen LogP contribution is 2.39. The Bertz CT molecular complexity index is 253. The number of hydrogen-bond donors (Lipinski definition) is 1. The fourth-order valence-electron chi connectivity index (χ4n) is 2.78. The van der Waals surface area contributed by atoms with Gasteiger partial charge in [0.2, 0.25) is 0 Å². The van der Waals surface area contributed by atoms with Gasteiger partial charge < -0.3 is 5.11 Å². The van der Waals surface area contributed by atoms with Gasteiger partial charge in [-0.05, 0) is 37.6 Å². The summed E-state index contributed by atoms with van der Waals surface area (Å²) in [6, 6.07) is 0. The number of carboxylic acid groups (broad SMARTS) is 1. The summed E-state index contributed by atoms with van der Waals surface area (Å²) in [6.07, 6.45) is 3.58. The van der Waals surface area contributed by atoms with Crippen molar-refractivity contribution in [2.24, 2.45) is 5.92 Å². The second kappa shape index (κ2) is 4.34. The highest BCUT2D eigenvalue weighted by atomic mass is 32.2. The Morgan fingerprint density at radius 3 is 2.53 bits per heavy atom. The summed E-state index contributed by atoms with van der Waals surface area (Å²) in [7, 11) is 0. The van der Waals surface area contributed by atoms with Crippen molar-refractivity contribution in [3.63, 3.8) is 0 Å². The van der Waals surface area contributed by atoms with E-state index in [0.717, 1.165) is 37.4 Å². The van der Waals surface area contributed by atoms with Crippen LogP contribution in [0.4, 0.5) is 0 Å². The molecular formula is C11H19NO2S. The van der Waals surface area contributed by atoms with E-state index in [-0.39, 0.29) is 5.92 Å². The molecule has 86 valence electrons. The van der Waals surface area contributed by atoms with Gasteiger partial charge in [0.1, 0.15) is 5.54 Å². The molecule has 4 heteroatoms. The Balaban J connectivity index is 2.21. The van der Waals surface area contributed by atoms with Crippen LogP contribution in [0.5, 0.6) is 0 Å². The summed E-state index contributed by atoms with van der Waals surface area (Å²) < 4.78 is 0. The van der Waals surface area contributed by atoms with Crippen molar-refractivity contribution in [2.45, 2.75) is 31.7 Å². The summed E-state index contributed by atoms with van der Waals surface area (Å²) in [5.41, 5.74) is -0.564. The average molecular weight is 229 g/mol. The molecule has 2 unspecified atom stereocenters. The van der Waals surface area contributed by atoms with Crippen LogP contribution < -0.4 is 0 Å². The molecule has 0 spiro atoms. The number of aliphatic carboxylic acids is 1. The molecule has 2 fully saturated rings. The van der Waals surface area contributed by atoms with Crippen LogP contribution in [0.15, 0.2) is 0 Å². The van der Waals surface area contributed by atoms with Gasteiger partial charge in [-0.1, -0.05) is 13.3 Å². The number of thioether (sulfide) groups is 1. The van der Waals surface area contributed by atoms with E-state index in [1.807, 2.05) is 0 Å². The molecule has 2 atom stereocenters. The van der Waals surface area contributed by atoms with Gasteiger partial charge in [-0.25, -0.2) is 0 Å². The minimum atomic E-state index is -0.609. The topological polar surface area (TPSA) is 40.5 Å². The Hall–Kier alpha value is -0.220. The molecule has 2 heterocycles. The Morgan fingerprint density at radius 2 is 2.07 bits per heavy atom. The maximum atomic E-state index is 11.6. The molecular weight excluding hydrogens is 210 g/mol. The van der Waals surface area contributed by atoms with Crippen LogP contribution in [0.3, 0.4) is 0 Å². The molecule has 2 saturated heterocycles. The third kappa shape index (κ3) is 1.78. The average Bonchev–Trinajstić information content (AvgIpc) is 2.62. The van der Waals surface area contributed by atoms with E-state index in [4.69, 9.17) is 0 Å². The largest absolute Gasteiger partial charge is 0.480 e. The lowest BCUT2D eigenvalue weighted by molar-refractivity contribution is -0.153. The van der Waals surface area contributed by atoms with Gasteiger partial charge in [-0.2, -0.15) is 11.8 Å². The first-order valence-corrected chi connectivity index (χ1v) is 6.89. The predicted molar refractivity (Wildman–Crippen MR) is 62.3 cm³/mol. The molecule has 0 aromatic carbocycles. The molecule has 2 rings (SSSR count). The van der Waals surface area contributed by atoms with Crippen LogP contribution in [0.1, 0.15) is 26.2 Å². The molecule has 0 amide bonds. The summed E-state index contributed by atoms with van der Waals surface area (Å²) in [4.78, 5) is 13.8. The molecule has 2 aliphatic rings.